The fraction of sp³-hybridized carbons (Fsp3) is 0.391. The minimum Gasteiger partial charge on any atom is -0.497 e. The molecule has 3 rings (SSSR count). The number of hydrogen-bond acceptors (Lipinski definition) is 3. The van der Waals surface area contributed by atoms with E-state index in [1.807, 2.05) is 56.3 Å². The van der Waals surface area contributed by atoms with E-state index in [-0.39, 0.29) is 11.9 Å². The average Bonchev–Trinajstić information content (AvgIpc) is 2.73. The number of nitrogens with zero attached hydrogens (tertiary/aromatic N) is 1. The van der Waals surface area contributed by atoms with Crippen LogP contribution in [-0.2, 0) is 11.3 Å². The van der Waals surface area contributed by atoms with Gasteiger partial charge < -0.3 is 20.3 Å². The van der Waals surface area contributed by atoms with Gasteiger partial charge in [-0.15, -0.1) is 0 Å². The summed E-state index contributed by atoms with van der Waals surface area (Å²) in [5, 5.41) is 5.96. The van der Waals surface area contributed by atoms with Crippen LogP contribution in [0, 0.1) is 12.3 Å². The summed E-state index contributed by atoms with van der Waals surface area (Å²) in [6.07, 6.45) is 1.55. The molecule has 0 saturated carbocycles. The SMILES string of the molecule is COc1cccc(NC(=O)N2CCC[C@](C)(C(=O)NCc3ccccc3C)C2)c1. The minimum absolute atomic E-state index is 0.0142. The second-order valence-electron chi connectivity index (χ2n) is 7.86. The fourth-order valence-electron chi connectivity index (χ4n) is 3.70. The number of rotatable bonds is 5. The normalized spacial score (nSPS) is 18.8. The average molecular weight is 396 g/mol. The summed E-state index contributed by atoms with van der Waals surface area (Å²) in [4.78, 5) is 27.4. The van der Waals surface area contributed by atoms with Crippen molar-refractivity contribution < 1.29 is 14.3 Å². The number of likely N-dealkylation sites (tertiary alicyclic amines) is 1. The number of amides is 3. The van der Waals surface area contributed by atoms with Gasteiger partial charge in [0.05, 0.1) is 12.5 Å². The molecule has 29 heavy (non-hydrogen) atoms. The van der Waals surface area contributed by atoms with Gasteiger partial charge in [-0.1, -0.05) is 30.3 Å². The molecule has 1 atom stereocenters. The van der Waals surface area contributed by atoms with Crippen molar-refractivity contribution in [3.05, 3.63) is 59.7 Å². The number of carbonyl (C=O) groups is 2. The number of hydrogen-bond donors (Lipinski definition) is 2. The smallest absolute Gasteiger partial charge is 0.321 e. The van der Waals surface area contributed by atoms with Crippen LogP contribution in [0.5, 0.6) is 5.75 Å². The van der Waals surface area contributed by atoms with E-state index >= 15 is 0 Å². The molecule has 0 unspecified atom stereocenters. The van der Waals surface area contributed by atoms with E-state index in [0.717, 1.165) is 24.0 Å². The van der Waals surface area contributed by atoms with Gasteiger partial charge >= 0.3 is 6.03 Å². The summed E-state index contributed by atoms with van der Waals surface area (Å²) in [7, 11) is 1.59. The van der Waals surface area contributed by atoms with E-state index in [2.05, 4.69) is 10.6 Å². The Balaban J connectivity index is 1.61. The van der Waals surface area contributed by atoms with Crippen LogP contribution in [0.2, 0.25) is 0 Å². The molecular formula is C23H29N3O3. The quantitative estimate of drug-likeness (QED) is 0.805. The second kappa shape index (κ2) is 8.99. The van der Waals surface area contributed by atoms with Crippen LogP contribution in [0.3, 0.4) is 0 Å². The van der Waals surface area contributed by atoms with E-state index in [1.165, 1.54) is 0 Å². The van der Waals surface area contributed by atoms with Gasteiger partial charge in [-0.25, -0.2) is 4.79 Å². The molecule has 6 nitrogen and oxygen atoms in total. The zero-order valence-electron chi connectivity index (χ0n) is 17.3. The Hall–Kier alpha value is -3.02. The van der Waals surface area contributed by atoms with Gasteiger partial charge in [-0.05, 0) is 49.9 Å². The van der Waals surface area contributed by atoms with Crippen molar-refractivity contribution in [1.29, 1.82) is 0 Å². The predicted molar refractivity (Wildman–Crippen MR) is 114 cm³/mol. The Morgan fingerprint density at radius 3 is 2.72 bits per heavy atom. The zero-order chi connectivity index (χ0) is 20.9. The minimum atomic E-state index is -0.605. The van der Waals surface area contributed by atoms with Crippen LogP contribution in [0.4, 0.5) is 10.5 Å². The second-order valence-corrected chi connectivity index (χ2v) is 7.86. The van der Waals surface area contributed by atoms with Crippen LogP contribution < -0.4 is 15.4 Å². The van der Waals surface area contributed by atoms with E-state index < -0.39 is 5.41 Å². The standard InChI is InChI=1S/C23H29N3O3/c1-17-8-4-5-9-18(17)15-24-21(27)23(2)12-7-13-26(16-23)22(28)25-19-10-6-11-20(14-19)29-3/h4-6,8-11,14H,7,12-13,15-16H2,1-3H3,(H,24,27)(H,25,28)/t23-/m0/s1. The molecule has 1 saturated heterocycles. The molecule has 0 radical (unpaired) electrons. The van der Waals surface area contributed by atoms with Gasteiger partial charge in [0.15, 0.2) is 0 Å². The summed E-state index contributed by atoms with van der Waals surface area (Å²) >= 11 is 0. The molecule has 154 valence electrons. The van der Waals surface area contributed by atoms with Gasteiger partial charge in [0.25, 0.3) is 0 Å². The number of piperidine rings is 1. The van der Waals surface area contributed by atoms with E-state index in [0.29, 0.717) is 31.1 Å². The number of anilines is 1. The molecule has 6 heteroatoms. The maximum absolute atomic E-state index is 12.9. The Labute approximate surface area is 172 Å². The molecule has 0 bridgehead atoms. The van der Waals surface area contributed by atoms with Gasteiger partial charge in [-0.2, -0.15) is 0 Å². The van der Waals surface area contributed by atoms with Crippen LogP contribution in [0.15, 0.2) is 48.5 Å². The number of aryl methyl sites for hydroxylation is 1. The van der Waals surface area contributed by atoms with Crippen molar-refractivity contribution in [3.63, 3.8) is 0 Å². The van der Waals surface area contributed by atoms with Crippen molar-refractivity contribution in [3.8, 4) is 5.75 Å². The van der Waals surface area contributed by atoms with Crippen LogP contribution in [0.25, 0.3) is 0 Å². The van der Waals surface area contributed by atoms with Crippen LogP contribution in [0.1, 0.15) is 30.9 Å². The first-order valence-corrected chi connectivity index (χ1v) is 9.94. The first-order chi connectivity index (χ1) is 13.9. The topological polar surface area (TPSA) is 70.7 Å². The van der Waals surface area contributed by atoms with Crippen molar-refractivity contribution in [2.75, 3.05) is 25.5 Å². The highest BCUT2D eigenvalue weighted by Gasteiger charge is 2.39. The van der Waals surface area contributed by atoms with Crippen molar-refractivity contribution >= 4 is 17.6 Å². The largest absolute Gasteiger partial charge is 0.497 e. The van der Waals surface area contributed by atoms with E-state index in [1.54, 1.807) is 18.1 Å². The van der Waals surface area contributed by atoms with Gasteiger partial charge in [-0.3, -0.25) is 4.79 Å². The lowest BCUT2D eigenvalue weighted by Crippen LogP contribution is -2.52. The molecule has 2 N–H and O–H groups in total. The highest BCUT2D eigenvalue weighted by molar-refractivity contribution is 5.90. The lowest BCUT2D eigenvalue weighted by atomic mass is 9.81. The zero-order valence-corrected chi connectivity index (χ0v) is 17.3. The van der Waals surface area contributed by atoms with Crippen molar-refractivity contribution in [1.82, 2.24) is 10.2 Å². The Kier molecular flexibility index (Phi) is 6.42. The maximum Gasteiger partial charge on any atom is 0.321 e. The van der Waals surface area contributed by atoms with E-state index in [9.17, 15) is 9.59 Å². The Bertz CT molecular complexity index is 883. The third kappa shape index (κ3) is 5.08. The number of benzene rings is 2. The molecule has 1 heterocycles. The molecule has 3 amide bonds. The molecule has 0 aromatic heterocycles. The number of ether oxygens (including phenoxy) is 1. The monoisotopic (exact) mass is 395 g/mol. The van der Waals surface area contributed by atoms with Crippen molar-refractivity contribution in [2.24, 2.45) is 5.41 Å². The molecule has 1 fully saturated rings. The Morgan fingerprint density at radius 1 is 1.17 bits per heavy atom. The van der Waals surface area contributed by atoms with E-state index in [4.69, 9.17) is 4.74 Å². The molecule has 1 aliphatic rings. The fourth-order valence-corrected chi connectivity index (χ4v) is 3.70. The maximum atomic E-state index is 12.9. The first kappa shape index (κ1) is 20.7. The first-order valence-electron chi connectivity index (χ1n) is 9.94. The summed E-state index contributed by atoms with van der Waals surface area (Å²) in [6.45, 7) is 5.50. The van der Waals surface area contributed by atoms with Crippen LogP contribution in [-0.4, -0.2) is 37.0 Å². The van der Waals surface area contributed by atoms with Gasteiger partial charge in [0.1, 0.15) is 5.75 Å². The summed E-state index contributed by atoms with van der Waals surface area (Å²) in [5.74, 6) is 0.668. The highest BCUT2D eigenvalue weighted by atomic mass is 16.5. The third-order valence-corrected chi connectivity index (χ3v) is 5.55. The van der Waals surface area contributed by atoms with Crippen molar-refractivity contribution in [2.45, 2.75) is 33.2 Å². The molecule has 2 aromatic rings. The Morgan fingerprint density at radius 2 is 1.97 bits per heavy atom. The predicted octanol–water partition coefficient (Wildman–Crippen LogP) is 3.95. The number of nitrogens with one attached hydrogen (secondary N) is 2. The molecule has 2 aromatic carbocycles. The molecule has 1 aliphatic heterocycles. The summed E-state index contributed by atoms with van der Waals surface area (Å²) in [5.41, 5.74) is 2.33. The number of carbonyl (C=O) groups excluding carboxylic acids is 2. The molecule has 0 aliphatic carbocycles. The lowest BCUT2D eigenvalue weighted by Gasteiger charge is -2.39. The number of methoxy groups -OCH3 is 1. The van der Waals surface area contributed by atoms with Crippen LogP contribution >= 0.6 is 0 Å². The highest BCUT2D eigenvalue weighted by Crippen LogP contribution is 2.30. The number of urea groups is 1. The summed E-state index contributed by atoms with van der Waals surface area (Å²) in [6, 6.07) is 15.1. The third-order valence-electron chi connectivity index (χ3n) is 5.55. The van der Waals surface area contributed by atoms with Gasteiger partial charge in [0, 0.05) is 31.4 Å². The lowest BCUT2D eigenvalue weighted by molar-refractivity contribution is -0.132. The summed E-state index contributed by atoms with van der Waals surface area (Å²) < 4.78 is 5.20. The van der Waals surface area contributed by atoms with Gasteiger partial charge in [0.2, 0.25) is 5.91 Å². The molecule has 0 spiro atoms. The molecular weight excluding hydrogens is 366 g/mol.